The van der Waals surface area contributed by atoms with E-state index in [1.807, 2.05) is 0 Å². The zero-order valence-electron chi connectivity index (χ0n) is 15.2. The summed E-state index contributed by atoms with van der Waals surface area (Å²) in [6.07, 6.45) is -5.27. The third kappa shape index (κ3) is 3.86. The van der Waals surface area contributed by atoms with Crippen LogP contribution in [0.1, 0.15) is 36.7 Å². The third-order valence-electron chi connectivity index (χ3n) is 4.56. The van der Waals surface area contributed by atoms with Crippen LogP contribution in [0.3, 0.4) is 0 Å². The van der Waals surface area contributed by atoms with E-state index in [0.717, 1.165) is 12.1 Å². The molecular weight excluding hydrogens is 368 g/mol. The Kier molecular flexibility index (Phi) is 4.39. The third-order valence-corrected chi connectivity index (χ3v) is 4.56. The van der Waals surface area contributed by atoms with Gasteiger partial charge in [-0.25, -0.2) is 9.18 Å². The highest BCUT2D eigenvalue weighted by Gasteiger charge is 2.55. The number of carbonyl (C=O) groups excluding carboxylic acids is 2. The van der Waals surface area contributed by atoms with Crippen molar-refractivity contribution >= 4 is 12.0 Å². The summed E-state index contributed by atoms with van der Waals surface area (Å²) >= 11 is 0. The first-order chi connectivity index (χ1) is 12.3. The van der Waals surface area contributed by atoms with Gasteiger partial charge in [-0.15, -0.1) is 0 Å². The maximum absolute atomic E-state index is 13.2. The highest BCUT2D eigenvalue weighted by molar-refractivity contribution is 5.96. The number of alkyl halides is 3. The Balaban J connectivity index is 1.62. The van der Waals surface area contributed by atoms with Gasteiger partial charge in [-0.2, -0.15) is 13.2 Å². The van der Waals surface area contributed by atoms with Crippen molar-refractivity contribution in [3.8, 4) is 0 Å². The van der Waals surface area contributed by atoms with Crippen molar-refractivity contribution in [3.63, 3.8) is 0 Å². The predicted molar refractivity (Wildman–Crippen MR) is 87.5 cm³/mol. The van der Waals surface area contributed by atoms with E-state index in [4.69, 9.17) is 4.74 Å². The summed E-state index contributed by atoms with van der Waals surface area (Å²) in [5.41, 5.74) is -2.76. The van der Waals surface area contributed by atoms with Crippen LogP contribution in [0.2, 0.25) is 0 Å². The highest BCUT2D eigenvalue weighted by Crippen LogP contribution is 2.42. The van der Waals surface area contributed by atoms with Crippen molar-refractivity contribution in [2.24, 2.45) is 5.41 Å². The molecule has 0 radical (unpaired) electrons. The maximum Gasteiger partial charge on any atom is 0.417 e. The summed E-state index contributed by atoms with van der Waals surface area (Å²) in [6, 6.07) is 2.03. The minimum atomic E-state index is -4.82. The lowest BCUT2D eigenvalue weighted by Crippen LogP contribution is -2.73. The van der Waals surface area contributed by atoms with Crippen LogP contribution in [0.25, 0.3) is 0 Å². The number of carbonyl (C=O) groups is 2. The number of nitrogens with zero attached hydrogens (tertiary/aromatic N) is 2. The molecule has 148 valence electrons. The van der Waals surface area contributed by atoms with Gasteiger partial charge >= 0.3 is 12.3 Å². The van der Waals surface area contributed by atoms with Gasteiger partial charge in [0, 0.05) is 31.6 Å². The summed E-state index contributed by atoms with van der Waals surface area (Å²) in [7, 11) is 0. The fourth-order valence-corrected chi connectivity index (χ4v) is 3.43. The molecule has 2 fully saturated rings. The van der Waals surface area contributed by atoms with E-state index >= 15 is 0 Å². The molecule has 0 aliphatic carbocycles. The van der Waals surface area contributed by atoms with Crippen LogP contribution in [0.4, 0.5) is 22.4 Å². The monoisotopic (exact) mass is 388 g/mol. The molecular formula is C18H20F4N2O3. The standard InChI is InChI=1S/C18H20F4N2O3/c1-16(2,3)27-15(26)24-9-17(10-24)7-23(8-17)14(25)12-5-4-11(19)6-13(12)18(20,21)22/h4-6H,7-10H2,1-3H3. The molecule has 5 nitrogen and oxygen atoms in total. The SMILES string of the molecule is CC(C)(C)OC(=O)N1CC2(C1)CN(C(=O)c1ccc(F)cc1C(F)(F)F)C2. The Bertz CT molecular complexity index is 772. The molecule has 1 aromatic carbocycles. The Morgan fingerprint density at radius 2 is 1.59 bits per heavy atom. The topological polar surface area (TPSA) is 49.9 Å². The van der Waals surface area contributed by atoms with Crippen molar-refractivity contribution in [1.29, 1.82) is 0 Å². The second-order valence-electron chi connectivity index (χ2n) is 8.19. The molecule has 27 heavy (non-hydrogen) atoms. The lowest BCUT2D eigenvalue weighted by atomic mass is 9.72. The van der Waals surface area contributed by atoms with Crippen LogP contribution in [-0.2, 0) is 10.9 Å². The number of halogens is 4. The van der Waals surface area contributed by atoms with Crippen LogP contribution in [0.15, 0.2) is 18.2 Å². The molecule has 0 bridgehead atoms. The highest BCUT2D eigenvalue weighted by atomic mass is 19.4. The van der Waals surface area contributed by atoms with Crippen molar-refractivity contribution in [3.05, 3.63) is 35.1 Å². The normalized spacial score (nSPS) is 18.8. The molecule has 0 atom stereocenters. The summed E-state index contributed by atoms with van der Waals surface area (Å²) in [5.74, 6) is -1.84. The lowest BCUT2D eigenvalue weighted by Gasteiger charge is -2.59. The number of ether oxygens (including phenoxy) is 1. The first-order valence-electron chi connectivity index (χ1n) is 8.44. The van der Waals surface area contributed by atoms with E-state index in [-0.39, 0.29) is 18.5 Å². The molecule has 0 aromatic heterocycles. The van der Waals surface area contributed by atoms with E-state index in [9.17, 15) is 27.2 Å². The van der Waals surface area contributed by atoms with Crippen LogP contribution in [0.5, 0.6) is 0 Å². The van der Waals surface area contributed by atoms with E-state index in [1.54, 1.807) is 20.8 Å². The average Bonchev–Trinajstić information content (AvgIpc) is 2.41. The zero-order chi connectivity index (χ0) is 20.2. The van der Waals surface area contributed by atoms with Crippen LogP contribution < -0.4 is 0 Å². The molecule has 2 saturated heterocycles. The van der Waals surface area contributed by atoms with Crippen LogP contribution in [0, 0.1) is 11.2 Å². The molecule has 2 heterocycles. The van der Waals surface area contributed by atoms with Gasteiger partial charge in [-0.3, -0.25) is 4.79 Å². The van der Waals surface area contributed by atoms with Gasteiger partial charge in [0.25, 0.3) is 5.91 Å². The van der Waals surface area contributed by atoms with E-state index < -0.39 is 40.7 Å². The number of amides is 2. The number of likely N-dealkylation sites (tertiary alicyclic amines) is 2. The number of hydrogen-bond acceptors (Lipinski definition) is 3. The maximum atomic E-state index is 13.2. The van der Waals surface area contributed by atoms with E-state index in [0.29, 0.717) is 19.2 Å². The van der Waals surface area contributed by atoms with Crippen molar-refractivity contribution in [2.75, 3.05) is 26.2 Å². The van der Waals surface area contributed by atoms with Gasteiger partial charge in [-0.05, 0) is 39.0 Å². The molecule has 3 rings (SSSR count). The summed E-state index contributed by atoms with van der Waals surface area (Å²) in [4.78, 5) is 27.2. The van der Waals surface area contributed by atoms with Gasteiger partial charge in [-0.1, -0.05) is 0 Å². The predicted octanol–water partition coefficient (Wildman–Crippen LogP) is 3.54. The zero-order valence-corrected chi connectivity index (χ0v) is 15.2. The first kappa shape index (κ1) is 19.4. The van der Waals surface area contributed by atoms with Gasteiger partial charge in [0.15, 0.2) is 0 Å². The molecule has 2 aliphatic rings. The van der Waals surface area contributed by atoms with E-state index in [1.165, 1.54) is 9.80 Å². The molecule has 1 spiro atoms. The fraction of sp³-hybridized carbons (Fsp3) is 0.556. The Labute approximate surface area is 153 Å². The minimum Gasteiger partial charge on any atom is -0.444 e. The molecule has 0 saturated carbocycles. The fourth-order valence-electron chi connectivity index (χ4n) is 3.43. The van der Waals surface area contributed by atoms with E-state index in [2.05, 4.69) is 0 Å². The van der Waals surface area contributed by atoms with Crippen molar-refractivity contribution < 1.29 is 31.9 Å². The van der Waals surface area contributed by atoms with Gasteiger partial charge in [0.1, 0.15) is 11.4 Å². The Morgan fingerprint density at radius 1 is 1.04 bits per heavy atom. The molecule has 9 heteroatoms. The largest absolute Gasteiger partial charge is 0.444 e. The van der Waals surface area contributed by atoms with Gasteiger partial charge in [0.2, 0.25) is 0 Å². The molecule has 2 aliphatic heterocycles. The molecule has 0 N–H and O–H groups in total. The van der Waals surface area contributed by atoms with Gasteiger partial charge < -0.3 is 14.5 Å². The van der Waals surface area contributed by atoms with Crippen LogP contribution in [-0.4, -0.2) is 53.6 Å². The first-order valence-corrected chi connectivity index (χ1v) is 8.44. The smallest absolute Gasteiger partial charge is 0.417 e. The average molecular weight is 388 g/mol. The minimum absolute atomic E-state index is 0.250. The van der Waals surface area contributed by atoms with Crippen molar-refractivity contribution in [2.45, 2.75) is 32.5 Å². The second kappa shape index (κ2) is 6.10. The number of hydrogen-bond donors (Lipinski definition) is 0. The second-order valence-corrected chi connectivity index (χ2v) is 8.19. The molecule has 1 aromatic rings. The Morgan fingerprint density at radius 3 is 2.11 bits per heavy atom. The van der Waals surface area contributed by atoms with Gasteiger partial charge in [0.05, 0.1) is 11.1 Å². The quantitative estimate of drug-likeness (QED) is 0.692. The van der Waals surface area contributed by atoms with Crippen LogP contribution >= 0.6 is 0 Å². The Hall–Kier alpha value is -2.32. The molecule has 2 amide bonds. The number of rotatable bonds is 1. The lowest BCUT2D eigenvalue weighted by molar-refractivity contribution is -0.138. The summed E-state index contributed by atoms with van der Waals surface area (Å²) < 4.78 is 57.7. The molecule has 0 unspecified atom stereocenters. The summed E-state index contributed by atoms with van der Waals surface area (Å²) in [6.45, 7) is 6.55. The van der Waals surface area contributed by atoms with Crippen molar-refractivity contribution in [1.82, 2.24) is 9.80 Å². The summed E-state index contributed by atoms with van der Waals surface area (Å²) in [5, 5.41) is 0. The number of benzene rings is 1.